The number of hydrogen-bond donors (Lipinski definition) is 0. The molecule has 0 atom stereocenters. The standard InChI is InChI=1S/C28H36N2.Pd/c1-4-7-9-10-12-23-15-19-26(20-16-23)28-24(6-3)21-27(30(28)29)25-17-13-22(14-18-25)11-8-5-2;/h13-21H,4-12H2,1-3H3;. The van der Waals surface area contributed by atoms with Gasteiger partial charge in [0, 0.05) is 43.2 Å². The summed E-state index contributed by atoms with van der Waals surface area (Å²) >= 11 is 0. The molecule has 0 fully saturated rings. The monoisotopic (exact) mass is 506 g/mol. The van der Waals surface area contributed by atoms with Crippen molar-refractivity contribution in [1.82, 2.24) is 0 Å². The van der Waals surface area contributed by atoms with Crippen molar-refractivity contribution in [2.24, 2.45) is 0 Å². The molecule has 3 rings (SSSR count). The molecule has 2 aromatic carbocycles. The van der Waals surface area contributed by atoms with Gasteiger partial charge in [-0.3, -0.25) is 0 Å². The second-order valence-electron chi connectivity index (χ2n) is 8.38. The maximum Gasteiger partial charge on any atom is 0.210 e. The molecule has 0 spiro atoms. The number of benzene rings is 2. The van der Waals surface area contributed by atoms with Crippen molar-refractivity contribution in [3.05, 3.63) is 88.0 Å². The van der Waals surface area contributed by atoms with E-state index in [1.807, 2.05) is 0 Å². The minimum atomic E-state index is 0. The molecular formula is C28H36N2Pd. The number of rotatable bonds is 11. The second-order valence-corrected chi connectivity index (χ2v) is 8.38. The van der Waals surface area contributed by atoms with Crippen LogP contribution in [-0.2, 0) is 33.3 Å². The number of allylic oxidation sites excluding steroid dienone is 2. The zero-order valence-corrected chi connectivity index (χ0v) is 20.8. The third-order valence-corrected chi connectivity index (χ3v) is 6.05. The second kappa shape index (κ2) is 12.9. The Hall–Kier alpha value is -1.82. The molecule has 0 bridgehead atoms. The first-order valence-corrected chi connectivity index (χ1v) is 11.8. The molecule has 1 aliphatic rings. The third kappa shape index (κ3) is 6.58. The zero-order valence-electron chi connectivity index (χ0n) is 19.3. The first-order chi connectivity index (χ1) is 14.7. The van der Waals surface area contributed by atoms with Crippen LogP contribution in [0.1, 0.15) is 88.0 Å². The van der Waals surface area contributed by atoms with E-state index in [9.17, 15) is 5.53 Å². The van der Waals surface area contributed by atoms with Crippen LogP contribution in [0.2, 0.25) is 0 Å². The summed E-state index contributed by atoms with van der Waals surface area (Å²) in [6.07, 6.45) is 12.9. The average Bonchev–Trinajstić information content (AvgIpc) is 3.12. The van der Waals surface area contributed by atoms with Crippen molar-refractivity contribution in [2.45, 2.75) is 78.6 Å². The zero-order chi connectivity index (χ0) is 21.3. The maximum absolute atomic E-state index is 11.0. The van der Waals surface area contributed by atoms with Crippen LogP contribution in [0.4, 0.5) is 0 Å². The van der Waals surface area contributed by atoms with Gasteiger partial charge in [0.2, 0.25) is 11.4 Å². The molecular weight excluding hydrogens is 471 g/mol. The first kappa shape index (κ1) is 25.4. The molecule has 1 aliphatic heterocycles. The van der Waals surface area contributed by atoms with Crippen LogP contribution in [0.5, 0.6) is 0 Å². The summed E-state index contributed by atoms with van der Waals surface area (Å²) in [7, 11) is 0. The third-order valence-electron chi connectivity index (χ3n) is 6.05. The van der Waals surface area contributed by atoms with E-state index in [0.717, 1.165) is 41.8 Å². The van der Waals surface area contributed by atoms with Gasteiger partial charge < -0.3 is 5.53 Å². The average molecular weight is 507 g/mol. The smallest absolute Gasteiger partial charge is 0.210 e. The molecule has 0 amide bonds. The Morgan fingerprint density at radius 2 is 1.23 bits per heavy atom. The van der Waals surface area contributed by atoms with Gasteiger partial charge in [-0.1, -0.05) is 70.7 Å². The molecule has 0 saturated carbocycles. The predicted molar refractivity (Wildman–Crippen MR) is 128 cm³/mol. The van der Waals surface area contributed by atoms with Gasteiger partial charge in [0.25, 0.3) is 0 Å². The summed E-state index contributed by atoms with van der Waals surface area (Å²) in [6.45, 7) is 6.62. The summed E-state index contributed by atoms with van der Waals surface area (Å²) in [5.74, 6) is 0. The fourth-order valence-corrected chi connectivity index (χ4v) is 4.14. The number of nitrogens with zero attached hydrogens (tertiary/aromatic N) is 2. The summed E-state index contributed by atoms with van der Waals surface area (Å²) in [4.78, 5) is 0. The van der Waals surface area contributed by atoms with Crippen molar-refractivity contribution in [3.8, 4) is 0 Å². The van der Waals surface area contributed by atoms with Gasteiger partial charge in [-0.2, -0.15) is 0 Å². The van der Waals surface area contributed by atoms with E-state index in [1.165, 1.54) is 59.9 Å². The number of hydrogen-bond acceptors (Lipinski definition) is 0. The Bertz CT molecular complexity index is 905. The summed E-state index contributed by atoms with van der Waals surface area (Å²) in [5.41, 5.74) is 18.9. The Morgan fingerprint density at radius 1 is 0.677 bits per heavy atom. The van der Waals surface area contributed by atoms with Crippen molar-refractivity contribution in [2.75, 3.05) is 0 Å². The Morgan fingerprint density at radius 3 is 1.77 bits per heavy atom. The fraction of sp³-hybridized carbons (Fsp3) is 0.429. The van der Waals surface area contributed by atoms with Crippen LogP contribution in [0, 0.1) is 0 Å². The van der Waals surface area contributed by atoms with Crippen molar-refractivity contribution in [1.29, 1.82) is 0 Å². The molecule has 3 heteroatoms. The molecule has 0 N–H and O–H groups in total. The molecule has 31 heavy (non-hydrogen) atoms. The van der Waals surface area contributed by atoms with Crippen LogP contribution in [0.3, 0.4) is 0 Å². The fourth-order valence-electron chi connectivity index (χ4n) is 4.14. The Kier molecular flexibility index (Phi) is 10.6. The predicted octanol–water partition coefficient (Wildman–Crippen LogP) is 8.36. The quantitative estimate of drug-likeness (QED) is 0.166. The molecule has 0 radical (unpaired) electrons. The van der Waals surface area contributed by atoms with Gasteiger partial charge in [0.15, 0.2) is 0 Å². The van der Waals surface area contributed by atoms with E-state index in [2.05, 4.69) is 75.4 Å². The van der Waals surface area contributed by atoms with Gasteiger partial charge in [-0.05, 0) is 67.5 Å². The SMILES string of the molecule is CCCCCCc1ccc(C2=C(CC)C=C(c3ccc(CCCC)cc3)[N+]2=[N-])cc1.[Pd]. The minimum Gasteiger partial charge on any atom is -0.493 e. The van der Waals surface area contributed by atoms with Crippen LogP contribution in [0.15, 0.2) is 60.2 Å². The largest absolute Gasteiger partial charge is 0.493 e. The maximum atomic E-state index is 11.0. The Balaban J connectivity index is 0.00000341. The van der Waals surface area contributed by atoms with E-state index in [0.29, 0.717) is 0 Å². The molecule has 2 nitrogen and oxygen atoms in total. The first-order valence-electron chi connectivity index (χ1n) is 11.8. The normalized spacial score (nSPS) is 13.4. The number of aryl methyl sites for hydroxylation is 2. The van der Waals surface area contributed by atoms with Gasteiger partial charge in [0.05, 0.1) is 0 Å². The molecule has 0 aromatic heterocycles. The molecule has 0 unspecified atom stereocenters. The van der Waals surface area contributed by atoms with E-state index in [-0.39, 0.29) is 20.4 Å². The summed E-state index contributed by atoms with van der Waals surface area (Å²) in [5, 5.41) is 0. The van der Waals surface area contributed by atoms with Crippen molar-refractivity contribution >= 4 is 11.4 Å². The number of unbranched alkanes of at least 4 members (excludes halogenated alkanes) is 4. The van der Waals surface area contributed by atoms with E-state index in [4.69, 9.17) is 0 Å². The van der Waals surface area contributed by atoms with Crippen molar-refractivity contribution in [3.63, 3.8) is 0 Å². The van der Waals surface area contributed by atoms with E-state index >= 15 is 0 Å². The van der Waals surface area contributed by atoms with Crippen LogP contribution < -0.4 is 0 Å². The molecule has 0 aliphatic carbocycles. The van der Waals surface area contributed by atoms with Crippen LogP contribution in [-0.4, -0.2) is 4.70 Å². The van der Waals surface area contributed by atoms with Crippen LogP contribution >= 0.6 is 0 Å². The molecule has 168 valence electrons. The summed E-state index contributed by atoms with van der Waals surface area (Å²) < 4.78 is 1.39. The topological polar surface area (TPSA) is 25.3 Å². The van der Waals surface area contributed by atoms with Gasteiger partial charge >= 0.3 is 0 Å². The Labute approximate surface area is 202 Å². The molecule has 2 aromatic rings. The van der Waals surface area contributed by atoms with Gasteiger partial charge in [0.1, 0.15) is 0 Å². The minimum absolute atomic E-state index is 0. The molecule has 0 saturated heterocycles. The van der Waals surface area contributed by atoms with E-state index < -0.39 is 0 Å². The molecule has 1 heterocycles. The van der Waals surface area contributed by atoms with E-state index in [1.54, 1.807) is 0 Å². The van der Waals surface area contributed by atoms with Gasteiger partial charge in [-0.25, -0.2) is 4.70 Å². The van der Waals surface area contributed by atoms with Crippen LogP contribution in [0.25, 0.3) is 16.9 Å². The van der Waals surface area contributed by atoms with Crippen molar-refractivity contribution < 1.29 is 25.1 Å². The summed E-state index contributed by atoms with van der Waals surface area (Å²) in [6, 6.07) is 17.4. The van der Waals surface area contributed by atoms with Gasteiger partial charge in [-0.15, -0.1) is 0 Å².